The maximum Gasteiger partial charge on any atom is 0.208 e. The second kappa shape index (κ2) is 7.25. The minimum absolute atomic E-state index is 0.451. The fourth-order valence-electron chi connectivity index (χ4n) is 2.21. The minimum atomic E-state index is 0.451. The summed E-state index contributed by atoms with van der Waals surface area (Å²) in [5.74, 6) is 1.73. The summed E-state index contributed by atoms with van der Waals surface area (Å²) in [6, 6.07) is 9.17. The molecule has 0 aliphatic carbocycles. The lowest BCUT2D eigenvalue weighted by atomic mass is 10.0. The number of nitrogens with one attached hydrogen (secondary N) is 1. The molecule has 0 fully saturated rings. The van der Waals surface area contributed by atoms with Gasteiger partial charge in [0.25, 0.3) is 0 Å². The molecule has 1 heterocycles. The van der Waals surface area contributed by atoms with Gasteiger partial charge in [0.15, 0.2) is 0 Å². The lowest BCUT2D eigenvalue weighted by Crippen LogP contribution is -2.26. The van der Waals surface area contributed by atoms with E-state index in [0.717, 1.165) is 30.9 Å². The molecule has 1 N–H and O–H groups in total. The Morgan fingerprint density at radius 1 is 1.35 bits per heavy atom. The van der Waals surface area contributed by atoms with Gasteiger partial charge in [-0.1, -0.05) is 36.8 Å². The summed E-state index contributed by atoms with van der Waals surface area (Å²) in [7, 11) is 0. The average Bonchev–Trinajstić information content (AvgIpc) is 2.91. The highest BCUT2D eigenvalue weighted by Crippen LogP contribution is 2.09. The zero-order valence-electron chi connectivity index (χ0n) is 12.6. The van der Waals surface area contributed by atoms with Crippen LogP contribution in [0.2, 0.25) is 0 Å². The topological polar surface area (TPSA) is 38.1 Å². The number of oxazole rings is 1. The van der Waals surface area contributed by atoms with Crippen LogP contribution in [0.1, 0.15) is 43.0 Å². The molecular formula is C17H24N2O. The van der Waals surface area contributed by atoms with Crippen LogP contribution in [0.5, 0.6) is 0 Å². The van der Waals surface area contributed by atoms with Gasteiger partial charge in [0.1, 0.15) is 5.76 Å². The first kappa shape index (κ1) is 14.8. The van der Waals surface area contributed by atoms with Gasteiger partial charge in [-0.3, -0.25) is 0 Å². The Morgan fingerprint density at radius 3 is 2.90 bits per heavy atom. The van der Waals surface area contributed by atoms with Gasteiger partial charge >= 0.3 is 0 Å². The molecule has 2 aromatic rings. The van der Waals surface area contributed by atoms with Crippen molar-refractivity contribution in [1.82, 2.24) is 10.3 Å². The second-order valence-electron chi connectivity index (χ2n) is 5.38. The molecule has 20 heavy (non-hydrogen) atoms. The highest BCUT2D eigenvalue weighted by molar-refractivity contribution is 5.22. The van der Waals surface area contributed by atoms with Crippen LogP contribution in [0.3, 0.4) is 0 Å². The van der Waals surface area contributed by atoms with Crippen LogP contribution in [-0.2, 0) is 19.4 Å². The largest absolute Gasteiger partial charge is 0.444 e. The monoisotopic (exact) mass is 272 g/mol. The van der Waals surface area contributed by atoms with Crippen molar-refractivity contribution < 1.29 is 4.42 Å². The van der Waals surface area contributed by atoms with E-state index in [-0.39, 0.29) is 0 Å². The van der Waals surface area contributed by atoms with Crippen molar-refractivity contribution >= 4 is 0 Å². The van der Waals surface area contributed by atoms with Crippen LogP contribution < -0.4 is 5.32 Å². The third-order valence-corrected chi connectivity index (χ3v) is 3.50. The van der Waals surface area contributed by atoms with Gasteiger partial charge in [0, 0.05) is 12.5 Å². The molecule has 3 heteroatoms. The van der Waals surface area contributed by atoms with Crippen molar-refractivity contribution in [3.8, 4) is 0 Å². The third-order valence-electron chi connectivity index (χ3n) is 3.50. The molecule has 0 spiro atoms. The predicted octanol–water partition coefficient (Wildman–Crippen LogP) is 3.66. The van der Waals surface area contributed by atoms with E-state index in [1.807, 2.05) is 6.20 Å². The van der Waals surface area contributed by atoms with Crippen LogP contribution in [0.4, 0.5) is 0 Å². The minimum Gasteiger partial charge on any atom is -0.444 e. The van der Waals surface area contributed by atoms with Crippen LogP contribution in [0, 0.1) is 6.92 Å². The summed E-state index contributed by atoms with van der Waals surface area (Å²) in [5, 5.41) is 3.46. The number of aryl methyl sites for hydroxylation is 3. The molecule has 1 aromatic carbocycles. The third kappa shape index (κ3) is 4.49. The Kier molecular flexibility index (Phi) is 5.36. The fraction of sp³-hybridized carbons (Fsp3) is 0.471. The maximum absolute atomic E-state index is 5.59. The Labute approximate surface area is 121 Å². The van der Waals surface area contributed by atoms with Gasteiger partial charge in [-0.15, -0.1) is 0 Å². The normalized spacial score (nSPS) is 12.6. The van der Waals surface area contributed by atoms with Gasteiger partial charge in [-0.2, -0.15) is 0 Å². The Balaban J connectivity index is 1.73. The molecule has 2 rings (SSSR count). The van der Waals surface area contributed by atoms with Crippen LogP contribution in [0.15, 0.2) is 34.9 Å². The van der Waals surface area contributed by atoms with Crippen molar-refractivity contribution in [2.45, 2.75) is 52.6 Å². The SMILES string of the molecule is CCc1cnc(CNC(C)CCc2cccc(C)c2)o1. The average molecular weight is 272 g/mol. The van der Waals surface area contributed by atoms with E-state index in [0.29, 0.717) is 12.6 Å². The molecule has 0 saturated heterocycles. The molecule has 0 bridgehead atoms. The standard InChI is InChI=1S/C17H24N2O/c1-4-16-11-19-17(20-16)12-18-14(3)8-9-15-7-5-6-13(2)10-15/h5-7,10-11,14,18H,4,8-9,12H2,1-3H3. The number of benzene rings is 1. The first-order valence-corrected chi connectivity index (χ1v) is 7.40. The summed E-state index contributed by atoms with van der Waals surface area (Å²) >= 11 is 0. The van der Waals surface area contributed by atoms with Crippen molar-refractivity contribution in [1.29, 1.82) is 0 Å². The Hall–Kier alpha value is -1.61. The Bertz CT molecular complexity index is 533. The zero-order chi connectivity index (χ0) is 14.4. The molecular weight excluding hydrogens is 248 g/mol. The van der Waals surface area contributed by atoms with E-state index in [2.05, 4.69) is 55.3 Å². The van der Waals surface area contributed by atoms with Crippen molar-refractivity contribution in [2.24, 2.45) is 0 Å². The van der Waals surface area contributed by atoms with E-state index in [9.17, 15) is 0 Å². The summed E-state index contributed by atoms with van der Waals surface area (Å²) < 4.78 is 5.59. The molecule has 0 saturated carbocycles. The molecule has 3 nitrogen and oxygen atoms in total. The Morgan fingerprint density at radius 2 is 2.20 bits per heavy atom. The van der Waals surface area contributed by atoms with Crippen molar-refractivity contribution in [2.75, 3.05) is 0 Å². The number of rotatable bonds is 7. The molecule has 0 aliphatic heterocycles. The van der Waals surface area contributed by atoms with Gasteiger partial charge in [-0.05, 0) is 32.3 Å². The lowest BCUT2D eigenvalue weighted by Gasteiger charge is -2.12. The van der Waals surface area contributed by atoms with Crippen LogP contribution >= 0.6 is 0 Å². The number of hydrogen-bond acceptors (Lipinski definition) is 3. The molecule has 0 radical (unpaired) electrons. The molecule has 1 unspecified atom stereocenters. The highest BCUT2D eigenvalue weighted by Gasteiger charge is 2.06. The molecule has 108 valence electrons. The van der Waals surface area contributed by atoms with E-state index in [1.54, 1.807) is 0 Å². The van der Waals surface area contributed by atoms with E-state index in [4.69, 9.17) is 4.42 Å². The number of nitrogens with zero attached hydrogens (tertiary/aromatic N) is 1. The molecule has 0 amide bonds. The molecule has 1 atom stereocenters. The van der Waals surface area contributed by atoms with Crippen molar-refractivity contribution in [3.05, 3.63) is 53.2 Å². The zero-order valence-corrected chi connectivity index (χ0v) is 12.6. The van der Waals surface area contributed by atoms with Crippen LogP contribution in [-0.4, -0.2) is 11.0 Å². The number of aromatic nitrogens is 1. The highest BCUT2D eigenvalue weighted by atomic mass is 16.4. The lowest BCUT2D eigenvalue weighted by molar-refractivity contribution is 0.414. The molecule has 1 aromatic heterocycles. The number of hydrogen-bond donors (Lipinski definition) is 1. The molecule has 0 aliphatic rings. The van der Waals surface area contributed by atoms with Gasteiger partial charge in [-0.25, -0.2) is 4.98 Å². The van der Waals surface area contributed by atoms with Crippen LogP contribution in [0.25, 0.3) is 0 Å². The summed E-state index contributed by atoms with van der Waals surface area (Å²) in [4.78, 5) is 4.26. The van der Waals surface area contributed by atoms with Gasteiger partial charge in [0.05, 0.1) is 12.7 Å². The van der Waals surface area contributed by atoms with E-state index in [1.165, 1.54) is 11.1 Å². The first-order valence-electron chi connectivity index (χ1n) is 7.40. The van der Waals surface area contributed by atoms with E-state index >= 15 is 0 Å². The summed E-state index contributed by atoms with van der Waals surface area (Å²) in [6.45, 7) is 7.12. The summed E-state index contributed by atoms with van der Waals surface area (Å²) in [6.07, 6.45) is 4.93. The maximum atomic E-state index is 5.59. The quantitative estimate of drug-likeness (QED) is 0.836. The van der Waals surface area contributed by atoms with Gasteiger partial charge in [0.2, 0.25) is 5.89 Å². The predicted molar refractivity (Wildman–Crippen MR) is 81.7 cm³/mol. The smallest absolute Gasteiger partial charge is 0.208 e. The second-order valence-corrected chi connectivity index (χ2v) is 5.38. The summed E-state index contributed by atoms with van der Waals surface area (Å²) in [5.41, 5.74) is 2.73. The van der Waals surface area contributed by atoms with Gasteiger partial charge < -0.3 is 9.73 Å². The first-order chi connectivity index (χ1) is 9.67. The fourth-order valence-corrected chi connectivity index (χ4v) is 2.21. The van der Waals surface area contributed by atoms with Crippen molar-refractivity contribution in [3.63, 3.8) is 0 Å². The van der Waals surface area contributed by atoms with E-state index < -0.39 is 0 Å².